The molecule has 1 fully saturated rings. The molecule has 24 heavy (non-hydrogen) atoms. The lowest BCUT2D eigenvalue weighted by molar-refractivity contribution is 0.243. The second-order valence-corrected chi connectivity index (χ2v) is 6.69. The Balaban J connectivity index is 1.79. The van der Waals surface area contributed by atoms with E-state index < -0.39 is 0 Å². The highest BCUT2D eigenvalue weighted by atomic mass is 16.1. The number of nitrogens with zero attached hydrogens (tertiary/aromatic N) is 3. The number of aryl methyl sites for hydroxylation is 1. The summed E-state index contributed by atoms with van der Waals surface area (Å²) in [4.78, 5) is 23.8. The second kappa shape index (κ2) is 7.18. The lowest BCUT2D eigenvalue weighted by atomic mass is 10.1. The van der Waals surface area contributed by atoms with Gasteiger partial charge in [-0.1, -0.05) is 18.2 Å². The zero-order chi connectivity index (χ0) is 17.1. The number of aromatic amines is 1. The molecule has 5 nitrogen and oxygen atoms in total. The highest BCUT2D eigenvalue weighted by Crippen LogP contribution is 2.27. The van der Waals surface area contributed by atoms with Gasteiger partial charge in [-0.2, -0.15) is 0 Å². The average molecular weight is 326 g/mol. The lowest BCUT2D eigenvalue weighted by Gasteiger charge is -2.27. The van der Waals surface area contributed by atoms with Crippen molar-refractivity contribution in [2.24, 2.45) is 0 Å². The van der Waals surface area contributed by atoms with Crippen molar-refractivity contribution in [3.63, 3.8) is 0 Å². The minimum atomic E-state index is -0.0878. The van der Waals surface area contributed by atoms with Crippen molar-refractivity contribution in [2.45, 2.75) is 39.3 Å². The van der Waals surface area contributed by atoms with E-state index in [-0.39, 0.29) is 11.6 Å². The lowest BCUT2D eigenvalue weighted by Crippen LogP contribution is -2.27. The fourth-order valence-electron chi connectivity index (χ4n) is 3.33. The highest BCUT2D eigenvalue weighted by molar-refractivity contribution is 5.54. The van der Waals surface area contributed by atoms with Crippen molar-refractivity contribution >= 4 is 5.69 Å². The molecule has 1 N–H and O–H groups in total. The molecule has 1 aromatic carbocycles. The monoisotopic (exact) mass is 326 g/mol. The number of hydrogen-bond donors (Lipinski definition) is 1. The summed E-state index contributed by atoms with van der Waals surface area (Å²) in [5.74, 6) is 0.723. The molecule has 0 saturated carbocycles. The summed E-state index contributed by atoms with van der Waals surface area (Å²) in [5, 5.41) is 0. The number of hydrogen-bond acceptors (Lipinski definition) is 4. The Morgan fingerprint density at radius 3 is 2.71 bits per heavy atom. The molecule has 2 heterocycles. The van der Waals surface area contributed by atoms with Gasteiger partial charge in [0, 0.05) is 37.1 Å². The van der Waals surface area contributed by atoms with Gasteiger partial charge in [-0.15, -0.1) is 0 Å². The fourth-order valence-corrected chi connectivity index (χ4v) is 3.33. The van der Waals surface area contributed by atoms with E-state index in [4.69, 9.17) is 0 Å². The van der Waals surface area contributed by atoms with E-state index in [2.05, 4.69) is 58.0 Å². The van der Waals surface area contributed by atoms with Crippen molar-refractivity contribution in [1.82, 2.24) is 14.9 Å². The van der Waals surface area contributed by atoms with Crippen molar-refractivity contribution in [3.05, 3.63) is 57.8 Å². The molecule has 1 atom stereocenters. The Kier molecular flexibility index (Phi) is 5.00. The van der Waals surface area contributed by atoms with Crippen molar-refractivity contribution in [3.8, 4) is 0 Å². The van der Waals surface area contributed by atoms with E-state index in [0.29, 0.717) is 0 Å². The van der Waals surface area contributed by atoms with Crippen LogP contribution in [0.4, 0.5) is 5.69 Å². The predicted molar refractivity (Wildman–Crippen MR) is 97.4 cm³/mol. The van der Waals surface area contributed by atoms with Gasteiger partial charge in [0.15, 0.2) is 0 Å². The third-order valence-corrected chi connectivity index (χ3v) is 4.80. The first kappa shape index (κ1) is 16.7. The Morgan fingerprint density at radius 1 is 1.29 bits per heavy atom. The zero-order valence-electron chi connectivity index (χ0n) is 14.7. The van der Waals surface area contributed by atoms with E-state index in [0.717, 1.165) is 31.2 Å². The molecule has 1 aromatic heterocycles. The Bertz CT molecular complexity index is 749. The van der Waals surface area contributed by atoms with E-state index in [1.54, 1.807) is 0 Å². The van der Waals surface area contributed by atoms with Gasteiger partial charge in [0.1, 0.15) is 5.82 Å². The quantitative estimate of drug-likeness (QED) is 0.918. The van der Waals surface area contributed by atoms with Crippen molar-refractivity contribution in [1.29, 1.82) is 0 Å². The average Bonchev–Trinajstić information content (AvgIpc) is 3.08. The molecule has 2 aromatic rings. The molecular weight excluding hydrogens is 300 g/mol. The fraction of sp³-hybridized carbons (Fsp3) is 0.474. The Morgan fingerprint density at radius 2 is 2.00 bits per heavy atom. The van der Waals surface area contributed by atoms with Crippen LogP contribution in [0.3, 0.4) is 0 Å². The van der Waals surface area contributed by atoms with Crippen LogP contribution in [0.1, 0.15) is 42.9 Å². The third kappa shape index (κ3) is 3.67. The van der Waals surface area contributed by atoms with Gasteiger partial charge in [-0.05, 0) is 45.4 Å². The molecule has 0 amide bonds. The van der Waals surface area contributed by atoms with Crippen LogP contribution in [-0.2, 0) is 6.54 Å². The summed E-state index contributed by atoms with van der Waals surface area (Å²) >= 11 is 0. The number of para-hydroxylation sites is 1. The second-order valence-electron chi connectivity index (χ2n) is 6.69. The van der Waals surface area contributed by atoms with Crippen LogP contribution >= 0.6 is 0 Å². The Hall–Kier alpha value is -2.14. The zero-order valence-corrected chi connectivity index (χ0v) is 14.7. The van der Waals surface area contributed by atoms with E-state index in [1.165, 1.54) is 30.2 Å². The standard InChI is InChI=1S/C19H26N4O/c1-14-12-18(24)21-19(20-14)15(2)22(3)13-16-8-4-5-9-17(16)23-10-6-7-11-23/h4-5,8-9,12,15H,6-7,10-11,13H2,1-3H3,(H,20,21,24). The largest absolute Gasteiger partial charge is 0.371 e. The molecule has 1 unspecified atom stereocenters. The number of anilines is 1. The SMILES string of the molecule is Cc1cc(=O)[nH]c(C(C)N(C)Cc2ccccc2N2CCCC2)n1. The summed E-state index contributed by atoms with van der Waals surface area (Å²) in [7, 11) is 2.08. The molecular formula is C19H26N4O. The molecule has 1 aliphatic heterocycles. The van der Waals surface area contributed by atoms with Crippen LogP contribution in [0.15, 0.2) is 35.1 Å². The van der Waals surface area contributed by atoms with Crippen LogP contribution in [0, 0.1) is 6.92 Å². The summed E-state index contributed by atoms with van der Waals surface area (Å²) in [5.41, 5.74) is 3.32. The summed E-state index contributed by atoms with van der Waals surface area (Å²) in [6.45, 7) is 7.04. The molecule has 0 radical (unpaired) electrons. The predicted octanol–water partition coefficient (Wildman–Crippen LogP) is 2.87. The van der Waals surface area contributed by atoms with Crippen LogP contribution < -0.4 is 10.5 Å². The van der Waals surface area contributed by atoms with Crippen LogP contribution in [0.25, 0.3) is 0 Å². The molecule has 0 aliphatic carbocycles. The molecule has 1 saturated heterocycles. The van der Waals surface area contributed by atoms with E-state index >= 15 is 0 Å². The first-order chi connectivity index (χ1) is 11.5. The van der Waals surface area contributed by atoms with Gasteiger partial charge >= 0.3 is 0 Å². The third-order valence-electron chi connectivity index (χ3n) is 4.80. The van der Waals surface area contributed by atoms with Gasteiger partial charge in [0.05, 0.1) is 6.04 Å². The van der Waals surface area contributed by atoms with E-state index in [1.807, 2.05) is 6.92 Å². The maximum atomic E-state index is 11.7. The van der Waals surface area contributed by atoms with Crippen LogP contribution in [0.5, 0.6) is 0 Å². The van der Waals surface area contributed by atoms with Crippen molar-refractivity contribution in [2.75, 3.05) is 25.0 Å². The van der Waals surface area contributed by atoms with Gasteiger partial charge in [-0.3, -0.25) is 9.69 Å². The highest BCUT2D eigenvalue weighted by Gasteiger charge is 2.19. The maximum absolute atomic E-state index is 11.7. The number of rotatable bonds is 5. The Labute approximate surface area is 143 Å². The number of H-pyrrole nitrogens is 1. The first-order valence-electron chi connectivity index (χ1n) is 8.65. The summed E-state index contributed by atoms with van der Waals surface area (Å²) < 4.78 is 0. The number of benzene rings is 1. The van der Waals surface area contributed by atoms with Gasteiger partial charge in [0.25, 0.3) is 5.56 Å². The summed E-state index contributed by atoms with van der Waals surface area (Å²) in [6.07, 6.45) is 2.55. The summed E-state index contributed by atoms with van der Waals surface area (Å²) in [6, 6.07) is 10.2. The number of aromatic nitrogens is 2. The molecule has 128 valence electrons. The normalized spacial score (nSPS) is 15.9. The molecule has 3 rings (SSSR count). The van der Waals surface area contributed by atoms with Crippen LogP contribution in [-0.4, -0.2) is 35.0 Å². The maximum Gasteiger partial charge on any atom is 0.251 e. The molecule has 0 spiro atoms. The van der Waals surface area contributed by atoms with Gasteiger partial charge in [-0.25, -0.2) is 4.98 Å². The minimum Gasteiger partial charge on any atom is -0.371 e. The van der Waals surface area contributed by atoms with Crippen LogP contribution in [0.2, 0.25) is 0 Å². The molecule has 5 heteroatoms. The topological polar surface area (TPSA) is 52.2 Å². The van der Waals surface area contributed by atoms with E-state index in [9.17, 15) is 4.79 Å². The smallest absolute Gasteiger partial charge is 0.251 e. The number of nitrogens with one attached hydrogen (secondary N) is 1. The van der Waals surface area contributed by atoms with Gasteiger partial charge in [0.2, 0.25) is 0 Å². The molecule has 1 aliphatic rings. The van der Waals surface area contributed by atoms with Crippen molar-refractivity contribution < 1.29 is 0 Å². The molecule has 0 bridgehead atoms. The minimum absolute atomic E-state index is 0.0456. The first-order valence-corrected chi connectivity index (χ1v) is 8.65. The van der Waals surface area contributed by atoms with Gasteiger partial charge < -0.3 is 9.88 Å².